The molecule has 0 bridgehead atoms. The summed E-state index contributed by atoms with van der Waals surface area (Å²) in [6.45, 7) is 2.79. The third-order valence-electron chi connectivity index (χ3n) is 3.69. The van der Waals surface area contributed by atoms with Crippen LogP contribution in [0.3, 0.4) is 0 Å². The van der Waals surface area contributed by atoms with Gasteiger partial charge in [0.25, 0.3) is 0 Å². The Morgan fingerprint density at radius 3 is 2.80 bits per heavy atom. The maximum atomic E-state index is 12.7. The Balaban J connectivity index is 2.37. The van der Waals surface area contributed by atoms with Gasteiger partial charge in [0.2, 0.25) is 10.0 Å². The minimum Gasteiger partial charge on any atom is -0.399 e. The van der Waals surface area contributed by atoms with E-state index < -0.39 is 15.6 Å². The minimum atomic E-state index is -3.57. The van der Waals surface area contributed by atoms with Crippen molar-refractivity contribution in [2.45, 2.75) is 30.3 Å². The quantitative estimate of drug-likeness (QED) is 0.836. The molecule has 0 aliphatic carbocycles. The van der Waals surface area contributed by atoms with Crippen LogP contribution in [0.15, 0.2) is 27.6 Å². The molecule has 1 aromatic carbocycles. The van der Waals surface area contributed by atoms with E-state index in [9.17, 15) is 8.42 Å². The molecular formula is C13H19BrN2O3S. The molecule has 7 heteroatoms. The monoisotopic (exact) mass is 362 g/mol. The average molecular weight is 363 g/mol. The molecule has 0 aromatic heterocycles. The predicted octanol–water partition coefficient (Wildman–Crippen LogP) is 2.22. The largest absolute Gasteiger partial charge is 0.399 e. The number of hydrogen-bond donors (Lipinski definition) is 1. The number of piperidine rings is 1. The van der Waals surface area contributed by atoms with Gasteiger partial charge in [0.05, 0.1) is 10.5 Å². The number of hydrogen-bond acceptors (Lipinski definition) is 4. The summed E-state index contributed by atoms with van der Waals surface area (Å²) < 4.78 is 32.9. The van der Waals surface area contributed by atoms with Gasteiger partial charge < -0.3 is 10.5 Å². The van der Waals surface area contributed by atoms with Crippen molar-refractivity contribution in [2.75, 3.05) is 25.9 Å². The van der Waals surface area contributed by atoms with E-state index in [2.05, 4.69) is 15.9 Å². The van der Waals surface area contributed by atoms with Crippen LogP contribution in [0.2, 0.25) is 0 Å². The smallest absolute Gasteiger partial charge is 0.244 e. The summed E-state index contributed by atoms with van der Waals surface area (Å²) in [5.41, 5.74) is 5.70. The lowest BCUT2D eigenvalue weighted by Crippen LogP contribution is -2.49. The number of methoxy groups -OCH3 is 1. The molecule has 1 saturated heterocycles. The van der Waals surface area contributed by atoms with Crippen LogP contribution < -0.4 is 5.73 Å². The number of nitrogens with two attached hydrogens (primary N) is 1. The summed E-state index contributed by atoms with van der Waals surface area (Å²) in [5.74, 6) is 0. The van der Waals surface area contributed by atoms with Gasteiger partial charge in [-0.25, -0.2) is 8.42 Å². The molecule has 0 spiro atoms. The Morgan fingerprint density at radius 2 is 2.15 bits per heavy atom. The van der Waals surface area contributed by atoms with Crippen LogP contribution in [-0.2, 0) is 14.8 Å². The molecule has 1 aliphatic heterocycles. The molecule has 0 radical (unpaired) electrons. The first-order valence-electron chi connectivity index (χ1n) is 6.39. The SMILES string of the molecule is COC1(C)CCCN(S(=O)(=O)c2cc(N)ccc2Br)C1. The van der Waals surface area contributed by atoms with Crippen LogP contribution in [0.1, 0.15) is 19.8 Å². The Labute approximate surface area is 128 Å². The van der Waals surface area contributed by atoms with Crippen molar-refractivity contribution in [3.05, 3.63) is 22.7 Å². The van der Waals surface area contributed by atoms with Crippen LogP contribution in [0.25, 0.3) is 0 Å². The highest BCUT2D eigenvalue weighted by Crippen LogP contribution is 2.32. The molecule has 2 N–H and O–H groups in total. The average Bonchev–Trinajstić information content (AvgIpc) is 2.41. The van der Waals surface area contributed by atoms with Crippen LogP contribution in [0.5, 0.6) is 0 Å². The predicted molar refractivity (Wildman–Crippen MR) is 82.0 cm³/mol. The van der Waals surface area contributed by atoms with E-state index >= 15 is 0 Å². The van der Waals surface area contributed by atoms with Gasteiger partial charge >= 0.3 is 0 Å². The molecule has 5 nitrogen and oxygen atoms in total. The normalized spacial score (nSPS) is 24.8. The van der Waals surface area contributed by atoms with Gasteiger partial charge in [0.15, 0.2) is 0 Å². The van der Waals surface area contributed by atoms with Crippen molar-refractivity contribution in [3.63, 3.8) is 0 Å². The van der Waals surface area contributed by atoms with Crippen molar-refractivity contribution in [1.29, 1.82) is 0 Å². The number of halogens is 1. The number of nitrogen functional groups attached to an aromatic ring is 1. The lowest BCUT2D eigenvalue weighted by atomic mass is 9.96. The molecule has 1 atom stereocenters. The van der Waals surface area contributed by atoms with Crippen molar-refractivity contribution in [1.82, 2.24) is 4.31 Å². The second-order valence-electron chi connectivity index (χ2n) is 5.29. The van der Waals surface area contributed by atoms with E-state index in [1.807, 2.05) is 6.92 Å². The number of anilines is 1. The number of benzene rings is 1. The van der Waals surface area contributed by atoms with Gasteiger partial charge in [-0.1, -0.05) is 0 Å². The zero-order valence-corrected chi connectivity index (χ0v) is 14.0. The molecule has 1 unspecified atom stereocenters. The van der Waals surface area contributed by atoms with E-state index in [1.54, 1.807) is 19.2 Å². The summed E-state index contributed by atoms with van der Waals surface area (Å²) in [7, 11) is -1.95. The molecule has 0 amide bonds. The van der Waals surface area contributed by atoms with Crippen molar-refractivity contribution >= 4 is 31.6 Å². The number of nitrogens with zero attached hydrogens (tertiary/aromatic N) is 1. The third-order valence-corrected chi connectivity index (χ3v) is 6.53. The van der Waals surface area contributed by atoms with Crippen LogP contribution in [0.4, 0.5) is 5.69 Å². The van der Waals surface area contributed by atoms with Crippen molar-refractivity contribution in [2.24, 2.45) is 0 Å². The van der Waals surface area contributed by atoms with Crippen LogP contribution in [0, 0.1) is 0 Å². The number of sulfonamides is 1. The summed E-state index contributed by atoms with van der Waals surface area (Å²) in [6.07, 6.45) is 1.64. The van der Waals surface area contributed by atoms with Gasteiger partial charge in [-0.15, -0.1) is 0 Å². The number of rotatable bonds is 3. The van der Waals surface area contributed by atoms with Gasteiger partial charge in [0, 0.05) is 30.4 Å². The summed E-state index contributed by atoms with van der Waals surface area (Å²) in [6, 6.07) is 4.80. The summed E-state index contributed by atoms with van der Waals surface area (Å²) >= 11 is 3.29. The molecule has 1 aromatic rings. The molecular weight excluding hydrogens is 344 g/mol. The standard InChI is InChI=1S/C13H19BrN2O3S/c1-13(19-2)6-3-7-16(9-13)20(17,18)12-8-10(15)4-5-11(12)14/h4-5,8H,3,6-7,9,15H2,1-2H3. The van der Waals surface area contributed by atoms with E-state index in [0.717, 1.165) is 12.8 Å². The van der Waals surface area contributed by atoms with E-state index in [1.165, 1.54) is 10.4 Å². The fraction of sp³-hybridized carbons (Fsp3) is 0.538. The maximum absolute atomic E-state index is 12.7. The molecule has 0 saturated carbocycles. The molecule has 1 fully saturated rings. The maximum Gasteiger partial charge on any atom is 0.244 e. The first-order chi connectivity index (χ1) is 9.28. The third kappa shape index (κ3) is 3.00. The molecule has 112 valence electrons. The fourth-order valence-corrected chi connectivity index (χ4v) is 4.94. The molecule has 1 aliphatic rings. The Morgan fingerprint density at radius 1 is 1.45 bits per heavy atom. The van der Waals surface area contributed by atoms with Crippen molar-refractivity contribution < 1.29 is 13.2 Å². The van der Waals surface area contributed by atoms with E-state index in [4.69, 9.17) is 10.5 Å². The Kier molecular flexibility index (Phi) is 4.44. The van der Waals surface area contributed by atoms with Gasteiger partial charge in [-0.3, -0.25) is 0 Å². The zero-order chi connectivity index (χ0) is 15.0. The first kappa shape index (κ1) is 15.8. The Bertz CT molecular complexity index is 606. The van der Waals surface area contributed by atoms with Crippen LogP contribution in [-0.4, -0.2) is 38.5 Å². The minimum absolute atomic E-state index is 0.206. The topological polar surface area (TPSA) is 72.6 Å². The van der Waals surface area contributed by atoms with E-state index in [-0.39, 0.29) is 4.90 Å². The molecule has 20 heavy (non-hydrogen) atoms. The highest BCUT2D eigenvalue weighted by Gasteiger charge is 2.37. The fourth-order valence-electron chi connectivity index (χ4n) is 2.39. The number of ether oxygens (including phenoxy) is 1. The molecule has 1 heterocycles. The summed E-state index contributed by atoms with van der Waals surface area (Å²) in [4.78, 5) is 0.206. The second-order valence-corrected chi connectivity index (χ2v) is 8.05. The highest BCUT2D eigenvalue weighted by molar-refractivity contribution is 9.10. The zero-order valence-electron chi connectivity index (χ0n) is 11.6. The first-order valence-corrected chi connectivity index (χ1v) is 8.62. The van der Waals surface area contributed by atoms with Crippen molar-refractivity contribution in [3.8, 4) is 0 Å². The Hall–Kier alpha value is -0.630. The summed E-state index contributed by atoms with van der Waals surface area (Å²) in [5, 5.41) is 0. The van der Waals surface area contributed by atoms with Gasteiger partial charge in [-0.05, 0) is 53.9 Å². The van der Waals surface area contributed by atoms with Gasteiger partial charge in [0.1, 0.15) is 0 Å². The van der Waals surface area contributed by atoms with Crippen LogP contribution >= 0.6 is 15.9 Å². The second kappa shape index (κ2) is 5.63. The highest BCUT2D eigenvalue weighted by atomic mass is 79.9. The lowest BCUT2D eigenvalue weighted by Gasteiger charge is -2.38. The van der Waals surface area contributed by atoms with E-state index in [0.29, 0.717) is 23.2 Å². The molecule has 2 rings (SSSR count). The lowest BCUT2D eigenvalue weighted by molar-refractivity contribution is -0.0319. The van der Waals surface area contributed by atoms with Gasteiger partial charge in [-0.2, -0.15) is 4.31 Å².